The molecule has 0 aromatic rings. The number of nitriles is 3. The highest BCUT2D eigenvalue weighted by Crippen LogP contribution is 2.19. The highest BCUT2D eigenvalue weighted by atomic mass is 14.4. The van der Waals surface area contributed by atoms with Crippen LogP contribution in [-0.2, 0) is 0 Å². The van der Waals surface area contributed by atoms with Crippen molar-refractivity contribution in [2.24, 2.45) is 5.41 Å². The van der Waals surface area contributed by atoms with Gasteiger partial charge in [0.15, 0.2) is 0 Å². The van der Waals surface area contributed by atoms with Gasteiger partial charge < -0.3 is 0 Å². The summed E-state index contributed by atoms with van der Waals surface area (Å²) in [7, 11) is 0. The zero-order valence-electron chi connectivity index (χ0n) is 5.76. The average molecular weight is 133 g/mol. The molecule has 0 atom stereocenters. The van der Waals surface area contributed by atoms with Crippen molar-refractivity contribution in [3.63, 3.8) is 0 Å². The third-order valence-electron chi connectivity index (χ3n) is 1.20. The van der Waals surface area contributed by atoms with Crippen molar-refractivity contribution in [3.8, 4) is 18.2 Å². The topological polar surface area (TPSA) is 71.4 Å². The van der Waals surface area contributed by atoms with Crippen LogP contribution in [0, 0.1) is 39.4 Å². The summed E-state index contributed by atoms with van der Waals surface area (Å²) < 4.78 is 0. The molecule has 10 heavy (non-hydrogen) atoms. The monoisotopic (exact) mass is 133 g/mol. The summed E-state index contributed by atoms with van der Waals surface area (Å²) in [6, 6.07) is 5.08. The molecular weight excluding hydrogens is 126 g/mol. The van der Waals surface area contributed by atoms with Gasteiger partial charge in [0.2, 0.25) is 5.41 Å². The minimum atomic E-state index is -1.41. The Morgan fingerprint density at radius 2 is 1.50 bits per heavy atom. The number of nitrogens with zero attached hydrogens (tertiary/aromatic N) is 3. The predicted molar refractivity (Wildman–Crippen MR) is 34.2 cm³/mol. The summed E-state index contributed by atoms with van der Waals surface area (Å²) in [6.45, 7) is 1.83. The minimum Gasteiger partial charge on any atom is -0.195 e. The zero-order valence-corrected chi connectivity index (χ0v) is 5.76. The Labute approximate surface area is 60.1 Å². The van der Waals surface area contributed by atoms with Crippen molar-refractivity contribution in [3.05, 3.63) is 0 Å². The molecule has 0 fully saturated rings. The highest BCUT2D eigenvalue weighted by Gasteiger charge is 2.28. The molecule has 3 heteroatoms. The van der Waals surface area contributed by atoms with E-state index in [4.69, 9.17) is 15.8 Å². The largest absolute Gasteiger partial charge is 0.228 e. The van der Waals surface area contributed by atoms with Crippen LogP contribution in [0.25, 0.3) is 0 Å². The molecule has 0 aliphatic rings. The first-order valence-electron chi connectivity index (χ1n) is 2.98. The molecule has 0 aromatic carbocycles. The van der Waals surface area contributed by atoms with E-state index in [1.807, 2.05) is 6.92 Å². The molecule has 0 bridgehead atoms. The van der Waals surface area contributed by atoms with Gasteiger partial charge in [-0.2, -0.15) is 15.8 Å². The lowest BCUT2D eigenvalue weighted by atomic mass is 9.89. The third kappa shape index (κ3) is 1.47. The van der Waals surface area contributed by atoms with E-state index in [1.165, 1.54) is 0 Å². The third-order valence-corrected chi connectivity index (χ3v) is 1.20. The fourth-order valence-electron chi connectivity index (χ4n) is 0.618. The predicted octanol–water partition coefficient (Wildman–Crippen LogP) is 1.34. The number of hydrogen-bond donors (Lipinski definition) is 0. The van der Waals surface area contributed by atoms with Crippen LogP contribution in [0.1, 0.15) is 19.8 Å². The van der Waals surface area contributed by atoms with Gasteiger partial charge in [-0.05, 0) is 6.42 Å². The highest BCUT2D eigenvalue weighted by molar-refractivity contribution is 5.25. The Morgan fingerprint density at radius 3 is 1.60 bits per heavy atom. The summed E-state index contributed by atoms with van der Waals surface area (Å²) in [6.07, 6.45) is 1.01. The summed E-state index contributed by atoms with van der Waals surface area (Å²) in [4.78, 5) is 0. The molecule has 50 valence electrons. The zero-order chi connectivity index (χ0) is 8.04. The van der Waals surface area contributed by atoms with Gasteiger partial charge in [0, 0.05) is 0 Å². The average Bonchev–Trinajstić information content (AvgIpc) is 2.01. The Bertz CT molecular complexity index is 187. The molecule has 0 aliphatic carbocycles. The SMILES string of the molecule is CCCC(C#N)(C#N)C#N. The van der Waals surface area contributed by atoms with Crippen molar-refractivity contribution in [1.82, 2.24) is 0 Å². The molecule has 0 heterocycles. The van der Waals surface area contributed by atoms with E-state index in [-0.39, 0.29) is 0 Å². The maximum atomic E-state index is 8.41. The lowest BCUT2D eigenvalue weighted by Gasteiger charge is -2.04. The van der Waals surface area contributed by atoms with Crippen LogP contribution in [0.3, 0.4) is 0 Å². The standard InChI is InChI=1S/C7H7N3/c1-2-3-7(4-8,5-9)6-10/h2-3H2,1H3. The molecule has 0 unspecified atom stereocenters. The smallest absolute Gasteiger partial charge is 0.195 e. The van der Waals surface area contributed by atoms with Gasteiger partial charge in [-0.25, -0.2) is 0 Å². The molecule has 0 spiro atoms. The Morgan fingerprint density at radius 1 is 1.10 bits per heavy atom. The molecule has 0 saturated heterocycles. The molecule has 0 aliphatic heterocycles. The second kappa shape index (κ2) is 3.49. The van der Waals surface area contributed by atoms with Gasteiger partial charge in [-0.15, -0.1) is 0 Å². The quantitative estimate of drug-likeness (QED) is 0.570. The number of rotatable bonds is 2. The van der Waals surface area contributed by atoms with Crippen LogP contribution in [-0.4, -0.2) is 0 Å². The molecule has 0 aromatic heterocycles. The molecule has 0 radical (unpaired) electrons. The summed E-state index contributed by atoms with van der Waals surface area (Å²) >= 11 is 0. The first-order valence-corrected chi connectivity index (χ1v) is 2.98. The van der Waals surface area contributed by atoms with E-state index in [1.54, 1.807) is 18.2 Å². The van der Waals surface area contributed by atoms with Crippen molar-refractivity contribution < 1.29 is 0 Å². The lowest BCUT2D eigenvalue weighted by molar-refractivity contribution is 0.594. The van der Waals surface area contributed by atoms with E-state index in [0.717, 1.165) is 0 Å². The van der Waals surface area contributed by atoms with E-state index in [9.17, 15) is 0 Å². The first-order chi connectivity index (χ1) is 4.74. The molecular formula is C7H7N3. The lowest BCUT2D eigenvalue weighted by Crippen LogP contribution is -2.11. The second-order valence-electron chi connectivity index (χ2n) is 1.99. The van der Waals surface area contributed by atoms with Crippen molar-refractivity contribution in [2.75, 3.05) is 0 Å². The van der Waals surface area contributed by atoms with Gasteiger partial charge in [-0.1, -0.05) is 13.3 Å². The van der Waals surface area contributed by atoms with Gasteiger partial charge in [0.25, 0.3) is 0 Å². The van der Waals surface area contributed by atoms with Gasteiger partial charge >= 0.3 is 0 Å². The van der Waals surface area contributed by atoms with E-state index in [2.05, 4.69) is 0 Å². The maximum Gasteiger partial charge on any atom is 0.228 e. The fraction of sp³-hybridized carbons (Fsp3) is 0.571. The van der Waals surface area contributed by atoms with Crippen LogP contribution < -0.4 is 0 Å². The van der Waals surface area contributed by atoms with E-state index in [0.29, 0.717) is 12.8 Å². The van der Waals surface area contributed by atoms with Crippen LogP contribution in [0.2, 0.25) is 0 Å². The summed E-state index contributed by atoms with van der Waals surface area (Å²) in [5.41, 5.74) is -1.41. The van der Waals surface area contributed by atoms with Gasteiger partial charge in [-0.3, -0.25) is 0 Å². The van der Waals surface area contributed by atoms with Gasteiger partial charge in [0.05, 0.1) is 0 Å². The Hall–Kier alpha value is -1.53. The summed E-state index contributed by atoms with van der Waals surface area (Å²) in [5, 5.41) is 25.2. The van der Waals surface area contributed by atoms with Crippen molar-refractivity contribution >= 4 is 0 Å². The first kappa shape index (κ1) is 8.47. The second-order valence-corrected chi connectivity index (χ2v) is 1.99. The Kier molecular flexibility index (Phi) is 2.95. The van der Waals surface area contributed by atoms with E-state index >= 15 is 0 Å². The van der Waals surface area contributed by atoms with Crippen molar-refractivity contribution in [2.45, 2.75) is 19.8 Å². The fourth-order valence-corrected chi connectivity index (χ4v) is 0.618. The molecule has 0 saturated carbocycles. The normalized spacial score (nSPS) is 9.00. The van der Waals surface area contributed by atoms with Crippen LogP contribution in [0.15, 0.2) is 0 Å². The van der Waals surface area contributed by atoms with Crippen molar-refractivity contribution in [1.29, 1.82) is 15.8 Å². The summed E-state index contributed by atoms with van der Waals surface area (Å²) in [5.74, 6) is 0. The molecule has 0 N–H and O–H groups in total. The minimum absolute atomic E-state index is 0.330. The van der Waals surface area contributed by atoms with Crippen LogP contribution >= 0.6 is 0 Å². The molecule has 0 rings (SSSR count). The molecule has 3 nitrogen and oxygen atoms in total. The Balaban J connectivity index is 4.45. The molecule has 0 amide bonds. The van der Waals surface area contributed by atoms with Gasteiger partial charge in [0.1, 0.15) is 18.2 Å². The number of hydrogen-bond acceptors (Lipinski definition) is 3. The van der Waals surface area contributed by atoms with E-state index < -0.39 is 5.41 Å². The maximum absolute atomic E-state index is 8.41. The van der Waals surface area contributed by atoms with Crippen LogP contribution in [0.4, 0.5) is 0 Å². The van der Waals surface area contributed by atoms with Crippen LogP contribution in [0.5, 0.6) is 0 Å².